The van der Waals surface area contributed by atoms with Crippen LogP contribution in [0.5, 0.6) is 0 Å². The number of likely N-dealkylation sites (N-methyl/N-ethyl adjacent to an activating group) is 1. The molecule has 0 bridgehead atoms. The maximum absolute atomic E-state index is 14.3. The number of carboxylic acids is 1. The van der Waals surface area contributed by atoms with Gasteiger partial charge in [-0.3, -0.25) is 9.69 Å². The van der Waals surface area contributed by atoms with Crippen molar-refractivity contribution in [3.8, 4) is 0 Å². The average molecular weight is 727 g/mol. The molecule has 13 heteroatoms. The van der Waals surface area contributed by atoms with Crippen LogP contribution in [0.2, 0.25) is 0 Å². The molecular formula is C34H49Cl3F3N3O4. The zero-order valence-corrected chi connectivity index (χ0v) is 29.9. The minimum atomic E-state index is -0.974. The van der Waals surface area contributed by atoms with Gasteiger partial charge in [0.1, 0.15) is 18.5 Å². The third kappa shape index (κ3) is 11.1. The minimum absolute atomic E-state index is 0. The zero-order chi connectivity index (χ0) is 32.0. The predicted molar refractivity (Wildman–Crippen MR) is 184 cm³/mol. The summed E-state index contributed by atoms with van der Waals surface area (Å²) in [5.41, 5.74) is 1.34. The van der Waals surface area contributed by atoms with Crippen molar-refractivity contribution >= 4 is 49.3 Å². The second kappa shape index (κ2) is 19.7. The molecule has 4 rings (SSSR count). The van der Waals surface area contributed by atoms with Gasteiger partial charge in [0.05, 0.1) is 0 Å². The molecule has 1 heterocycles. The van der Waals surface area contributed by atoms with Crippen molar-refractivity contribution in [2.45, 2.75) is 83.5 Å². The van der Waals surface area contributed by atoms with Crippen LogP contribution in [0.1, 0.15) is 69.9 Å². The number of rotatable bonds is 12. The quantitative estimate of drug-likeness (QED) is 0.241. The summed E-state index contributed by atoms with van der Waals surface area (Å²) in [6.45, 7) is 8.65. The monoisotopic (exact) mass is 725 g/mol. The Morgan fingerprint density at radius 2 is 1.66 bits per heavy atom. The van der Waals surface area contributed by atoms with Gasteiger partial charge in [0.25, 0.3) is 0 Å². The third-order valence-corrected chi connectivity index (χ3v) is 9.38. The number of halogens is 6. The number of nitrogens with zero attached hydrogens (tertiary/aromatic N) is 3. The van der Waals surface area contributed by atoms with E-state index in [9.17, 15) is 27.9 Å². The average Bonchev–Trinajstić information content (AvgIpc) is 3.40. The van der Waals surface area contributed by atoms with Crippen LogP contribution in [0.15, 0.2) is 42.5 Å². The maximum Gasteiger partial charge on any atom is 0.410 e. The van der Waals surface area contributed by atoms with E-state index in [1.807, 2.05) is 38.8 Å². The van der Waals surface area contributed by atoms with E-state index in [2.05, 4.69) is 4.90 Å². The Morgan fingerprint density at radius 1 is 0.979 bits per heavy atom. The second-order valence-corrected chi connectivity index (χ2v) is 12.8. The molecule has 0 aromatic heterocycles. The topological polar surface area (TPSA) is 73.3 Å². The lowest BCUT2D eigenvalue weighted by Crippen LogP contribution is -2.49. The number of carbonyl (C=O) groups excluding carboxylic acids is 1. The normalized spacial score (nSPS) is 20.6. The van der Waals surface area contributed by atoms with Gasteiger partial charge in [-0.1, -0.05) is 39.0 Å². The predicted octanol–water partition coefficient (Wildman–Crippen LogP) is 7.79. The van der Waals surface area contributed by atoms with Crippen molar-refractivity contribution in [3.63, 3.8) is 0 Å². The molecule has 266 valence electrons. The molecule has 2 aliphatic rings. The summed E-state index contributed by atoms with van der Waals surface area (Å²) >= 11 is 0. The first-order chi connectivity index (χ1) is 21.0. The van der Waals surface area contributed by atoms with E-state index < -0.39 is 29.7 Å². The fourth-order valence-electron chi connectivity index (χ4n) is 7.20. The molecule has 1 N–H and O–H groups in total. The van der Waals surface area contributed by atoms with Crippen molar-refractivity contribution in [1.82, 2.24) is 14.7 Å². The Labute approximate surface area is 295 Å². The standard InChI is InChI=1S/C34H46F3N3O4.3ClH/c1-5-13-40(34(43)44-21-23-9-10-30(36)31(37)16-23)27-11-14-39(15-12-27)20-25-18-28(38(4)32(22(2)3)33(41)42)19-29(25)24-7-6-8-26(35)17-24;;;/h6-10,16-17,22,25,27-29,32H,5,11-15,18-21H2,1-4H3,(H,41,42);3*1H/t25?,28?,29?,32-;;;/m1.../s1. The van der Waals surface area contributed by atoms with Crippen molar-refractivity contribution in [3.05, 3.63) is 71.0 Å². The Morgan fingerprint density at radius 3 is 2.23 bits per heavy atom. The van der Waals surface area contributed by atoms with Crippen molar-refractivity contribution in [2.24, 2.45) is 11.8 Å². The summed E-state index contributed by atoms with van der Waals surface area (Å²) < 4.78 is 46.6. The van der Waals surface area contributed by atoms with E-state index >= 15 is 0 Å². The highest BCUT2D eigenvalue weighted by molar-refractivity contribution is 5.86. The van der Waals surface area contributed by atoms with Gasteiger partial charge in [-0.2, -0.15) is 0 Å². The lowest BCUT2D eigenvalue weighted by Gasteiger charge is -2.39. The zero-order valence-electron chi connectivity index (χ0n) is 27.4. The molecule has 1 aliphatic heterocycles. The van der Waals surface area contributed by atoms with E-state index in [1.54, 1.807) is 17.0 Å². The van der Waals surface area contributed by atoms with Crippen LogP contribution in [0.4, 0.5) is 18.0 Å². The molecule has 3 unspecified atom stereocenters. The molecule has 0 radical (unpaired) electrons. The summed E-state index contributed by atoms with van der Waals surface area (Å²) in [6, 6.07) is 9.73. The summed E-state index contributed by atoms with van der Waals surface area (Å²) in [5.74, 6) is -2.71. The number of likely N-dealkylation sites (tertiary alicyclic amines) is 1. The number of hydrogen-bond acceptors (Lipinski definition) is 5. The van der Waals surface area contributed by atoms with Crippen LogP contribution >= 0.6 is 37.2 Å². The van der Waals surface area contributed by atoms with Crippen LogP contribution in [0.3, 0.4) is 0 Å². The SMILES string of the molecule is CCCN(C(=O)OCc1ccc(F)c(F)c1)C1CCN(CC2CC(N(C)[C@@H](C(=O)O)C(C)C)CC2c2cccc(F)c2)CC1.Cl.Cl.Cl. The number of hydrogen-bond donors (Lipinski definition) is 1. The Kier molecular flexibility index (Phi) is 17.9. The smallest absolute Gasteiger partial charge is 0.410 e. The van der Waals surface area contributed by atoms with E-state index in [1.165, 1.54) is 12.1 Å². The number of ether oxygens (including phenoxy) is 1. The fraction of sp³-hybridized carbons (Fsp3) is 0.588. The van der Waals surface area contributed by atoms with Crippen molar-refractivity contribution in [2.75, 3.05) is 33.2 Å². The van der Waals surface area contributed by atoms with Crippen molar-refractivity contribution in [1.29, 1.82) is 0 Å². The van der Waals surface area contributed by atoms with Crippen LogP contribution < -0.4 is 0 Å². The fourth-order valence-corrected chi connectivity index (χ4v) is 7.20. The maximum atomic E-state index is 14.3. The van der Waals surface area contributed by atoms with E-state index in [-0.39, 0.29) is 79.5 Å². The molecule has 0 spiro atoms. The van der Waals surface area contributed by atoms with Gasteiger partial charge >= 0.3 is 12.1 Å². The van der Waals surface area contributed by atoms with Gasteiger partial charge in [-0.05, 0) is 92.3 Å². The van der Waals surface area contributed by atoms with Gasteiger partial charge in [-0.25, -0.2) is 18.0 Å². The molecule has 1 saturated carbocycles. The third-order valence-electron chi connectivity index (χ3n) is 9.38. The number of benzene rings is 2. The van der Waals surface area contributed by atoms with Crippen molar-refractivity contribution < 1.29 is 32.6 Å². The number of piperidine rings is 1. The second-order valence-electron chi connectivity index (χ2n) is 12.8. The van der Waals surface area contributed by atoms with Crippen LogP contribution in [0, 0.1) is 29.3 Å². The molecule has 47 heavy (non-hydrogen) atoms. The molecule has 2 aromatic rings. The van der Waals surface area contributed by atoms with Gasteiger partial charge in [-0.15, -0.1) is 37.2 Å². The van der Waals surface area contributed by atoms with Gasteiger partial charge in [0, 0.05) is 38.3 Å². The van der Waals surface area contributed by atoms with Crippen LogP contribution in [0.25, 0.3) is 0 Å². The highest BCUT2D eigenvalue weighted by Crippen LogP contribution is 2.43. The van der Waals surface area contributed by atoms with Gasteiger partial charge in [0.15, 0.2) is 11.6 Å². The first kappa shape index (κ1) is 42.8. The Bertz CT molecular complexity index is 1290. The van der Waals surface area contributed by atoms with Crippen LogP contribution in [-0.4, -0.2) is 83.2 Å². The Hall–Kier alpha value is -2.24. The Balaban J connectivity index is 0.00000368. The van der Waals surface area contributed by atoms with Gasteiger partial charge in [0.2, 0.25) is 0 Å². The highest BCUT2D eigenvalue weighted by Gasteiger charge is 2.42. The highest BCUT2D eigenvalue weighted by atomic mass is 35.5. The van der Waals surface area contributed by atoms with Gasteiger partial charge < -0.3 is 19.6 Å². The number of aliphatic carboxylic acids is 1. The number of amides is 1. The molecule has 4 atom stereocenters. The number of carbonyl (C=O) groups is 2. The lowest BCUT2D eigenvalue weighted by molar-refractivity contribution is -0.145. The molecule has 1 aliphatic carbocycles. The first-order valence-corrected chi connectivity index (χ1v) is 15.8. The minimum Gasteiger partial charge on any atom is -0.480 e. The summed E-state index contributed by atoms with van der Waals surface area (Å²) in [4.78, 5) is 31.3. The largest absolute Gasteiger partial charge is 0.480 e. The van der Waals surface area contributed by atoms with Crippen LogP contribution in [-0.2, 0) is 16.1 Å². The van der Waals surface area contributed by atoms with E-state index in [4.69, 9.17) is 4.74 Å². The molecule has 2 aromatic carbocycles. The molecule has 7 nitrogen and oxygen atoms in total. The van der Waals surface area contributed by atoms with E-state index in [0.717, 1.165) is 69.4 Å². The summed E-state index contributed by atoms with van der Waals surface area (Å²) in [6.07, 6.45) is 3.45. The molecule has 1 amide bonds. The lowest BCUT2D eigenvalue weighted by atomic mass is 9.88. The summed E-state index contributed by atoms with van der Waals surface area (Å²) in [7, 11) is 1.90. The molecular weight excluding hydrogens is 678 g/mol. The summed E-state index contributed by atoms with van der Waals surface area (Å²) in [5, 5.41) is 9.92. The molecule has 2 fully saturated rings. The number of carboxylic acid groups (broad SMARTS) is 1. The van der Waals surface area contributed by atoms with E-state index in [0.29, 0.717) is 12.1 Å². The first-order valence-electron chi connectivity index (χ1n) is 15.8. The molecule has 1 saturated heterocycles.